The summed E-state index contributed by atoms with van der Waals surface area (Å²) in [5.74, 6) is 0. The van der Waals surface area contributed by atoms with Crippen molar-refractivity contribution in [1.82, 2.24) is 4.90 Å². The summed E-state index contributed by atoms with van der Waals surface area (Å²) in [5.41, 5.74) is -0.176. The van der Waals surface area contributed by atoms with Crippen LogP contribution >= 0.6 is 0 Å². The maximum Gasteiger partial charge on any atom is 0.524 e. The van der Waals surface area contributed by atoms with Crippen LogP contribution in [0.3, 0.4) is 0 Å². The second-order valence-electron chi connectivity index (χ2n) is 3.35. The van der Waals surface area contributed by atoms with Gasteiger partial charge >= 0.3 is 8.80 Å². The fourth-order valence-electron chi connectivity index (χ4n) is 1.43. The summed E-state index contributed by atoms with van der Waals surface area (Å²) in [6, 6.07) is 0. The van der Waals surface area contributed by atoms with E-state index in [0.717, 1.165) is 6.41 Å². The van der Waals surface area contributed by atoms with Gasteiger partial charge in [0.05, 0.1) is 5.67 Å². The summed E-state index contributed by atoms with van der Waals surface area (Å²) in [7, 11) is -1.08. The monoisotopic (exact) mass is 249 g/mol. The van der Waals surface area contributed by atoms with Gasteiger partial charge in [0.15, 0.2) is 0 Å². The second-order valence-corrected chi connectivity index (χ2v) is 6.26. The zero-order valence-corrected chi connectivity index (χ0v) is 11.9. The fourth-order valence-corrected chi connectivity index (χ4v) is 4.17. The van der Waals surface area contributed by atoms with Crippen molar-refractivity contribution in [3.05, 3.63) is 0 Å². The summed E-state index contributed by atoms with van der Waals surface area (Å²) in [6.07, 6.45) is 0.767. The molecule has 0 aliphatic heterocycles. The SMILES string of the molecule is CCO[Si](OCC)(OCC)C(C)N(C)C=O. The molecule has 0 aromatic carbocycles. The lowest BCUT2D eigenvalue weighted by Gasteiger charge is -2.36. The first-order chi connectivity index (χ1) is 7.57. The van der Waals surface area contributed by atoms with Gasteiger partial charge in [-0.05, 0) is 27.7 Å². The topological polar surface area (TPSA) is 48.0 Å². The standard InChI is InChI=1S/C10H23NO4Si/c1-6-13-16(14-7-2,15-8-3)10(4)11(5)9-12/h9-10H,6-8H2,1-5H3. The molecule has 16 heavy (non-hydrogen) atoms. The second kappa shape index (κ2) is 7.78. The average molecular weight is 249 g/mol. The molecule has 0 bridgehead atoms. The number of rotatable bonds is 9. The van der Waals surface area contributed by atoms with E-state index < -0.39 is 8.80 Å². The van der Waals surface area contributed by atoms with Gasteiger partial charge in [0.25, 0.3) is 0 Å². The quantitative estimate of drug-likeness (QED) is 0.453. The number of hydrogen-bond acceptors (Lipinski definition) is 4. The summed E-state index contributed by atoms with van der Waals surface area (Å²) < 4.78 is 17.1. The van der Waals surface area contributed by atoms with Crippen LogP contribution in [0.15, 0.2) is 0 Å². The van der Waals surface area contributed by atoms with E-state index in [9.17, 15) is 4.79 Å². The van der Waals surface area contributed by atoms with E-state index in [1.165, 1.54) is 4.90 Å². The van der Waals surface area contributed by atoms with Crippen LogP contribution in [0.1, 0.15) is 27.7 Å². The first-order valence-electron chi connectivity index (χ1n) is 5.67. The van der Waals surface area contributed by atoms with Crippen LogP contribution in [0.5, 0.6) is 0 Å². The average Bonchev–Trinajstić information content (AvgIpc) is 2.28. The van der Waals surface area contributed by atoms with E-state index >= 15 is 0 Å². The van der Waals surface area contributed by atoms with Crippen molar-refractivity contribution >= 4 is 15.2 Å². The normalized spacial score (nSPS) is 13.6. The van der Waals surface area contributed by atoms with Gasteiger partial charge in [0.2, 0.25) is 6.41 Å². The Morgan fingerprint density at radius 3 is 1.75 bits per heavy atom. The van der Waals surface area contributed by atoms with Gasteiger partial charge < -0.3 is 18.2 Å². The van der Waals surface area contributed by atoms with Crippen LogP contribution in [0.4, 0.5) is 0 Å². The number of nitrogens with zero attached hydrogens (tertiary/aromatic N) is 1. The third-order valence-electron chi connectivity index (χ3n) is 2.33. The molecular formula is C10H23NO4Si. The van der Waals surface area contributed by atoms with E-state index in [0.29, 0.717) is 19.8 Å². The van der Waals surface area contributed by atoms with Crippen LogP contribution < -0.4 is 0 Å². The highest BCUT2D eigenvalue weighted by Crippen LogP contribution is 2.18. The molecule has 0 spiro atoms. The lowest BCUT2D eigenvalue weighted by atomic mass is 10.7. The predicted octanol–water partition coefficient (Wildman–Crippen LogP) is 1.05. The first-order valence-corrected chi connectivity index (χ1v) is 7.47. The largest absolute Gasteiger partial charge is 0.524 e. The highest BCUT2D eigenvalue weighted by atomic mass is 28.4. The van der Waals surface area contributed by atoms with Crippen molar-refractivity contribution in [2.24, 2.45) is 0 Å². The molecule has 5 nitrogen and oxygen atoms in total. The van der Waals surface area contributed by atoms with Gasteiger partial charge in [-0.1, -0.05) is 0 Å². The zero-order valence-electron chi connectivity index (χ0n) is 10.9. The lowest BCUT2D eigenvalue weighted by molar-refractivity contribution is -0.118. The molecule has 0 heterocycles. The third kappa shape index (κ3) is 3.86. The number of carbonyl (C=O) groups excluding carboxylic acids is 1. The Morgan fingerprint density at radius 2 is 1.50 bits per heavy atom. The molecule has 1 unspecified atom stereocenters. The van der Waals surface area contributed by atoms with Crippen molar-refractivity contribution in [2.45, 2.75) is 33.4 Å². The van der Waals surface area contributed by atoms with Crippen molar-refractivity contribution in [2.75, 3.05) is 26.9 Å². The predicted molar refractivity (Wildman–Crippen MR) is 63.9 cm³/mol. The van der Waals surface area contributed by atoms with Gasteiger partial charge in [0.1, 0.15) is 0 Å². The molecule has 0 fully saturated rings. The maximum absolute atomic E-state index is 10.8. The molecule has 0 rings (SSSR count). The molecule has 1 atom stereocenters. The molecule has 6 heteroatoms. The van der Waals surface area contributed by atoms with Gasteiger partial charge in [-0.2, -0.15) is 0 Å². The van der Waals surface area contributed by atoms with Gasteiger partial charge in [-0.15, -0.1) is 0 Å². The van der Waals surface area contributed by atoms with E-state index in [1.807, 2.05) is 27.7 Å². The van der Waals surface area contributed by atoms with E-state index in [4.69, 9.17) is 13.3 Å². The van der Waals surface area contributed by atoms with Crippen molar-refractivity contribution in [3.63, 3.8) is 0 Å². The third-order valence-corrected chi connectivity index (χ3v) is 5.83. The van der Waals surface area contributed by atoms with Gasteiger partial charge in [0, 0.05) is 26.9 Å². The molecule has 0 aromatic heterocycles. The van der Waals surface area contributed by atoms with Gasteiger partial charge in [-0.25, -0.2) is 0 Å². The molecule has 0 aliphatic rings. The molecule has 0 saturated carbocycles. The number of hydrogen-bond donors (Lipinski definition) is 0. The maximum atomic E-state index is 10.8. The van der Waals surface area contributed by atoms with Crippen molar-refractivity contribution in [1.29, 1.82) is 0 Å². The fraction of sp³-hybridized carbons (Fsp3) is 0.900. The van der Waals surface area contributed by atoms with Crippen molar-refractivity contribution < 1.29 is 18.1 Å². The molecular weight excluding hydrogens is 226 g/mol. The summed E-state index contributed by atoms with van der Waals surface area (Å²) in [5, 5.41) is 0. The van der Waals surface area contributed by atoms with Crippen LogP contribution in [-0.2, 0) is 18.1 Å². The van der Waals surface area contributed by atoms with Crippen molar-refractivity contribution in [3.8, 4) is 0 Å². The molecule has 1 amide bonds. The zero-order chi connectivity index (χ0) is 12.6. The summed E-state index contributed by atoms with van der Waals surface area (Å²) in [6.45, 7) is 9.13. The molecule has 96 valence electrons. The number of carbonyl (C=O) groups is 1. The Labute approximate surface area is 99.0 Å². The minimum atomic E-state index is -2.79. The van der Waals surface area contributed by atoms with Crippen LogP contribution in [0.2, 0.25) is 0 Å². The Bertz CT molecular complexity index is 186. The molecule has 0 radical (unpaired) electrons. The van der Waals surface area contributed by atoms with Crippen LogP contribution in [-0.4, -0.2) is 52.6 Å². The van der Waals surface area contributed by atoms with E-state index in [1.54, 1.807) is 7.05 Å². The highest BCUT2D eigenvalue weighted by Gasteiger charge is 2.48. The molecule has 0 aliphatic carbocycles. The van der Waals surface area contributed by atoms with Gasteiger partial charge in [-0.3, -0.25) is 4.79 Å². The Balaban J connectivity index is 4.88. The van der Waals surface area contributed by atoms with E-state index in [2.05, 4.69) is 0 Å². The summed E-state index contributed by atoms with van der Waals surface area (Å²) >= 11 is 0. The molecule has 0 saturated heterocycles. The van der Waals surface area contributed by atoms with E-state index in [-0.39, 0.29) is 5.67 Å². The van der Waals surface area contributed by atoms with Crippen LogP contribution in [0, 0.1) is 0 Å². The molecule has 0 N–H and O–H groups in total. The minimum absolute atomic E-state index is 0.176. The minimum Gasteiger partial charge on any atom is -0.373 e. The Morgan fingerprint density at radius 1 is 1.12 bits per heavy atom. The smallest absolute Gasteiger partial charge is 0.373 e. The Kier molecular flexibility index (Phi) is 7.57. The number of amides is 1. The summed E-state index contributed by atoms with van der Waals surface area (Å²) in [4.78, 5) is 12.3. The molecule has 0 aromatic rings. The lowest BCUT2D eigenvalue weighted by Crippen LogP contribution is -2.60. The Hall–Kier alpha value is -0.433. The highest BCUT2D eigenvalue weighted by molar-refractivity contribution is 6.62. The first kappa shape index (κ1) is 15.6. The van der Waals surface area contributed by atoms with Crippen LogP contribution in [0.25, 0.3) is 0 Å².